The molecular weight excluding hydrogens is 347 g/mol. The Morgan fingerprint density at radius 1 is 1.32 bits per heavy atom. The second kappa shape index (κ2) is 7.52. The molecule has 22 heavy (non-hydrogen) atoms. The number of benzene rings is 1. The molecule has 2 aromatic rings. The Balaban J connectivity index is 1.96. The third-order valence-electron chi connectivity index (χ3n) is 3.09. The van der Waals surface area contributed by atoms with Gasteiger partial charge in [0.2, 0.25) is 0 Å². The lowest BCUT2D eigenvalue weighted by Crippen LogP contribution is -2.38. The molecule has 0 saturated carbocycles. The van der Waals surface area contributed by atoms with Crippen LogP contribution in [0, 0.1) is 5.82 Å². The summed E-state index contributed by atoms with van der Waals surface area (Å²) in [5.74, 6) is -0.520. The van der Waals surface area contributed by atoms with Gasteiger partial charge < -0.3 is 0 Å². The van der Waals surface area contributed by atoms with E-state index in [0.29, 0.717) is 6.42 Å². The molecule has 0 aliphatic rings. The highest BCUT2D eigenvalue weighted by atomic mass is 35.5. The number of nitrogens with zero attached hydrogens (tertiary/aromatic N) is 1. The van der Waals surface area contributed by atoms with Crippen LogP contribution in [0.4, 0.5) is 4.39 Å². The smallest absolute Gasteiger partial charge is 0.207 e. The SMILES string of the molecule is CN(Cc1c(F)cccc1Cl)S(=O)(=O)NCCc1cccs1. The molecule has 8 heteroatoms. The highest BCUT2D eigenvalue weighted by Crippen LogP contribution is 2.21. The molecule has 1 N–H and O–H groups in total. The Morgan fingerprint density at radius 2 is 2.09 bits per heavy atom. The topological polar surface area (TPSA) is 49.4 Å². The van der Waals surface area contributed by atoms with E-state index in [4.69, 9.17) is 11.6 Å². The van der Waals surface area contributed by atoms with Crippen molar-refractivity contribution in [3.8, 4) is 0 Å². The van der Waals surface area contributed by atoms with Gasteiger partial charge in [-0.25, -0.2) is 9.11 Å². The van der Waals surface area contributed by atoms with Crippen molar-refractivity contribution in [1.29, 1.82) is 0 Å². The zero-order valence-corrected chi connectivity index (χ0v) is 14.3. The van der Waals surface area contributed by atoms with Crippen LogP contribution in [0.5, 0.6) is 0 Å². The normalized spacial score (nSPS) is 12.0. The fourth-order valence-corrected chi connectivity index (χ4v) is 3.67. The summed E-state index contributed by atoms with van der Waals surface area (Å²) in [6.45, 7) is 0.165. The number of rotatable bonds is 7. The Bertz CT molecular complexity index is 700. The second-order valence-electron chi connectivity index (χ2n) is 4.68. The molecule has 1 aromatic heterocycles. The van der Waals surface area contributed by atoms with Crippen LogP contribution in [0.1, 0.15) is 10.4 Å². The van der Waals surface area contributed by atoms with Crippen LogP contribution >= 0.6 is 22.9 Å². The molecule has 0 spiro atoms. The van der Waals surface area contributed by atoms with E-state index in [0.717, 1.165) is 9.18 Å². The number of thiophene rings is 1. The molecule has 2 rings (SSSR count). The lowest BCUT2D eigenvalue weighted by molar-refractivity contribution is 0.446. The predicted octanol–water partition coefficient (Wildman–Crippen LogP) is 3.05. The van der Waals surface area contributed by atoms with Crippen molar-refractivity contribution in [1.82, 2.24) is 9.03 Å². The van der Waals surface area contributed by atoms with Gasteiger partial charge in [0.15, 0.2) is 0 Å². The number of nitrogens with one attached hydrogen (secondary N) is 1. The van der Waals surface area contributed by atoms with Crippen molar-refractivity contribution in [3.63, 3.8) is 0 Å². The summed E-state index contributed by atoms with van der Waals surface area (Å²) in [5, 5.41) is 2.15. The van der Waals surface area contributed by atoms with Crippen molar-refractivity contribution < 1.29 is 12.8 Å². The van der Waals surface area contributed by atoms with Gasteiger partial charge in [0.25, 0.3) is 10.2 Å². The molecule has 0 saturated heterocycles. The average molecular weight is 363 g/mol. The van der Waals surface area contributed by atoms with Gasteiger partial charge in [-0.15, -0.1) is 11.3 Å². The van der Waals surface area contributed by atoms with Crippen LogP contribution in [0.15, 0.2) is 35.7 Å². The van der Waals surface area contributed by atoms with Crippen LogP contribution in [0.2, 0.25) is 5.02 Å². The Labute approximate surface area is 138 Å². The van der Waals surface area contributed by atoms with Crippen molar-refractivity contribution >= 4 is 33.1 Å². The van der Waals surface area contributed by atoms with Gasteiger partial charge in [0.1, 0.15) is 5.82 Å². The summed E-state index contributed by atoms with van der Waals surface area (Å²) >= 11 is 7.49. The molecule has 0 aliphatic heterocycles. The average Bonchev–Trinajstić information content (AvgIpc) is 2.96. The van der Waals surface area contributed by atoms with Gasteiger partial charge in [-0.05, 0) is 30.0 Å². The summed E-state index contributed by atoms with van der Waals surface area (Å²) in [5.41, 5.74) is 0.162. The van der Waals surface area contributed by atoms with Crippen LogP contribution in [0.3, 0.4) is 0 Å². The fraction of sp³-hybridized carbons (Fsp3) is 0.286. The molecule has 0 atom stereocenters. The zero-order valence-electron chi connectivity index (χ0n) is 11.9. The molecular formula is C14H16ClFN2O2S2. The molecule has 0 amide bonds. The highest BCUT2D eigenvalue weighted by Gasteiger charge is 2.20. The maximum Gasteiger partial charge on any atom is 0.279 e. The van der Waals surface area contributed by atoms with E-state index in [9.17, 15) is 12.8 Å². The van der Waals surface area contributed by atoms with Gasteiger partial charge in [-0.2, -0.15) is 12.7 Å². The van der Waals surface area contributed by atoms with E-state index in [1.54, 1.807) is 11.3 Å². The van der Waals surface area contributed by atoms with Gasteiger partial charge >= 0.3 is 0 Å². The van der Waals surface area contributed by atoms with Crippen LogP contribution in [-0.2, 0) is 23.2 Å². The van der Waals surface area contributed by atoms with Crippen molar-refractivity contribution in [2.45, 2.75) is 13.0 Å². The lowest BCUT2D eigenvalue weighted by Gasteiger charge is -2.18. The van der Waals surface area contributed by atoms with Crippen molar-refractivity contribution in [2.75, 3.05) is 13.6 Å². The largest absolute Gasteiger partial charge is 0.279 e. The fourth-order valence-electron chi connectivity index (χ4n) is 1.86. The van der Waals surface area contributed by atoms with Crippen LogP contribution in [-0.4, -0.2) is 26.3 Å². The number of halogens is 2. The second-order valence-corrected chi connectivity index (χ2v) is 7.99. The molecule has 0 radical (unpaired) electrons. The first-order valence-electron chi connectivity index (χ1n) is 6.56. The molecule has 120 valence electrons. The minimum absolute atomic E-state index is 0.125. The Morgan fingerprint density at radius 3 is 2.73 bits per heavy atom. The predicted molar refractivity (Wildman–Crippen MR) is 87.8 cm³/mol. The summed E-state index contributed by atoms with van der Waals surface area (Å²) < 4.78 is 41.5. The van der Waals surface area contributed by atoms with E-state index in [1.807, 2.05) is 17.5 Å². The van der Waals surface area contributed by atoms with Crippen molar-refractivity contribution in [3.05, 3.63) is 57.0 Å². The van der Waals surface area contributed by atoms with Crippen LogP contribution < -0.4 is 4.72 Å². The molecule has 4 nitrogen and oxygen atoms in total. The number of hydrogen-bond acceptors (Lipinski definition) is 3. The summed E-state index contributed by atoms with van der Waals surface area (Å²) in [6, 6.07) is 8.13. The van der Waals surface area contributed by atoms with Gasteiger partial charge in [0, 0.05) is 35.6 Å². The minimum atomic E-state index is -3.68. The lowest BCUT2D eigenvalue weighted by atomic mass is 10.2. The van der Waals surface area contributed by atoms with Crippen LogP contribution in [0.25, 0.3) is 0 Å². The monoisotopic (exact) mass is 362 g/mol. The summed E-state index contributed by atoms with van der Waals surface area (Å²) in [4.78, 5) is 1.10. The van der Waals surface area contributed by atoms with E-state index in [1.165, 1.54) is 25.2 Å². The first-order chi connectivity index (χ1) is 10.4. The maximum atomic E-state index is 13.7. The molecule has 0 aliphatic carbocycles. The Kier molecular flexibility index (Phi) is 5.94. The molecule has 1 heterocycles. The minimum Gasteiger partial charge on any atom is -0.207 e. The van der Waals surface area contributed by atoms with Gasteiger partial charge in [0.05, 0.1) is 0 Å². The molecule has 1 aromatic carbocycles. The quantitative estimate of drug-likeness (QED) is 0.823. The first kappa shape index (κ1) is 17.4. The van der Waals surface area contributed by atoms with Gasteiger partial charge in [-0.1, -0.05) is 23.7 Å². The summed E-state index contributed by atoms with van der Waals surface area (Å²) in [7, 11) is -2.30. The summed E-state index contributed by atoms with van der Waals surface area (Å²) in [6.07, 6.45) is 0.616. The maximum absolute atomic E-state index is 13.7. The first-order valence-corrected chi connectivity index (χ1v) is 9.26. The highest BCUT2D eigenvalue weighted by molar-refractivity contribution is 7.87. The van der Waals surface area contributed by atoms with Gasteiger partial charge in [-0.3, -0.25) is 0 Å². The third kappa shape index (κ3) is 4.50. The third-order valence-corrected chi connectivity index (χ3v) is 5.90. The standard InChI is InChI=1S/C14H16ClFN2O2S2/c1-18(10-12-13(15)5-2-6-14(12)16)22(19,20)17-8-7-11-4-3-9-21-11/h2-6,9,17H,7-8,10H2,1H3. The number of hydrogen-bond donors (Lipinski definition) is 1. The molecule has 0 bridgehead atoms. The van der Waals surface area contributed by atoms with E-state index < -0.39 is 16.0 Å². The zero-order chi connectivity index (χ0) is 16.2. The van der Waals surface area contributed by atoms with E-state index in [-0.39, 0.29) is 23.7 Å². The Hall–Kier alpha value is -0.990. The molecule has 0 unspecified atom stereocenters. The molecule has 0 fully saturated rings. The van der Waals surface area contributed by atoms with E-state index >= 15 is 0 Å². The van der Waals surface area contributed by atoms with Crippen molar-refractivity contribution in [2.24, 2.45) is 0 Å². The van der Waals surface area contributed by atoms with E-state index in [2.05, 4.69) is 4.72 Å².